The van der Waals surface area contributed by atoms with Crippen molar-refractivity contribution in [1.82, 2.24) is 19.3 Å². The van der Waals surface area contributed by atoms with Crippen molar-refractivity contribution in [1.29, 1.82) is 0 Å². The zero-order chi connectivity index (χ0) is 24.7. The first kappa shape index (κ1) is 25.2. The Kier molecular flexibility index (Phi) is 8.64. The zero-order valence-corrected chi connectivity index (χ0v) is 20.5. The number of fused-ring (bicyclic) bond motifs is 1. The molecule has 3 heterocycles. The molecule has 0 saturated heterocycles. The number of ether oxygens (including phenoxy) is 2. The second-order valence-electron chi connectivity index (χ2n) is 8.70. The lowest BCUT2D eigenvalue weighted by Crippen LogP contribution is -2.19. The molecule has 0 bridgehead atoms. The quantitative estimate of drug-likeness (QED) is 0.389. The van der Waals surface area contributed by atoms with Crippen molar-refractivity contribution >= 4 is 34.3 Å². The summed E-state index contributed by atoms with van der Waals surface area (Å²) in [6, 6.07) is 3.96. The largest absolute Gasteiger partial charge is 0.464 e. The SMILES string of the molecule is COCCn1c(C(=O)OC)c(NC(=O)CC(C)C)c2cc(N[C@H](C)CCn3cccn3)cnc21. The first-order valence-corrected chi connectivity index (χ1v) is 11.5. The minimum atomic E-state index is -0.545. The van der Waals surface area contributed by atoms with E-state index in [1.807, 2.05) is 36.9 Å². The predicted molar refractivity (Wildman–Crippen MR) is 131 cm³/mol. The molecule has 2 N–H and O–H groups in total. The van der Waals surface area contributed by atoms with Crippen LogP contribution < -0.4 is 10.6 Å². The number of anilines is 2. The van der Waals surface area contributed by atoms with Gasteiger partial charge in [-0.25, -0.2) is 9.78 Å². The fourth-order valence-electron chi connectivity index (χ4n) is 3.82. The van der Waals surface area contributed by atoms with E-state index in [1.54, 1.807) is 24.1 Å². The molecule has 0 aromatic carbocycles. The fraction of sp³-hybridized carbons (Fsp3) is 0.500. The van der Waals surface area contributed by atoms with E-state index in [2.05, 4.69) is 27.6 Å². The first-order chi connectivity index (χ1) is 16.3. The van der Waals surface area contributed by atoms with Crippen LogP contribution in [0.25, 0.3) is 11.0 Å². The molecule has 34 heavy (non-hydrogen) atoms. The monoisotopic (exact) mass is 470 g/mol. The van der Waals surface area contributed by atoms with Crippen molar-refractivity contribution in [3.63, 3.8) is 0 Å². The number of hydrogen-bond acceptors (Lipinski definition) is 7. The van der Waals surface area contributed by atoms with Crippen LogP contribution in [0.3, 0.4) is 0 Å². The maximum Gasteiger partial charge on any atom is 0.356 e. The molecule has 0 saturated carbocycles. The van der Waals surface area contributed by atoms with Crippen LogP contribution >= 0.6 is 0 Å². The summed E-state index contributed by atoms with van der Waals surface area (Å²) in [6.45, 7) is 7.57. The molecule has 10 heteroatoms. The summed E-state index contributed by atoms with van der Waals surface area (Å²) in [5.41, 5.74) is 2.03. The summed E-state index contributed by atoms with van der Waals surface area (Å²) in [5.74, 6) is -0.539. The van der Waals surface area contributed by atoms with Gasteiger partial charge in [0.15, 0.2) is 5.69 Å². The van der Waals surface area contributed by atoms with Crippen LogP contribution in [-0.4, -0.2) is 58.1 Å². The van der Waals surface area contributed by atoms with E-state index >= 15 is 0 Å². The van der Waals surface area contributed by atoms with Crippen LogP contribution in [0.15, 0.2) is 30.7 Å². The number of carbonyl (C=O) groups excluding carboxylic acids is 2. The number of aryl methyl sites for hydroxylation is 1. The van der Waals surface area contributed by atoms with E-state index in [1.165, 1.54) is 7.11 Å². The number of carbonyl (C=O) groups is 2. The van der Waals surface area contributed by atoms with Gasteiger partial charge in [0, 0.05) is 50.4 Å². The third kappa shape index (κ3) is 6.13. The highest BCUT2D eigenvalue weighted by Gasteiger charge is 2.26. The smallest absolute Gasteiger partial charge is 0.356 e. The van der Waals surface area contributed by atoms with E-state index in [9.17, 15) is 9.59 Å². The predicted octanol–water partition coefficient (Wildman–Crippen LogP) is 3.54. The van der Waals surface area contributed by atoms with Gasteiger partial charge in [0.05, 0.1) is 31.3 Å². The highest BCUT2D eigenvalue weighted by Crippen LogP contribution is 2.33. The Morgan fingerprint density at radius 3 is 2.62 bits per heavy atom. The highest BCUT2D eigenvalue weighted by molar-refractivity contribution is 6.11. The molecule has 0 radical (unpaired) electrons. The highest BCUT2D eigenvalue weighted by atomic mass is 16.5. The van der Waals surface area contributed by atoms with Crippen LogP contribution in [0.5, 0.6) is 0 Å². The molecule has 3 rings (SSSR count). The number of amides is 1. The second-order valence-corrected chi connectivity index (χ2v) is 8.70. The third-order valence-electron chi connectivity index (χ3n) is 5.42. The van der Waals surface area contributed by atoms with Gasteiger partial charge in [-0.1, -0.05) is 13.8 Å². The van der Waals surface area contributed by atoms with Gasteiger partial charge in [-0.2, -0.15) is 5.10 Å². The lowest BCUT2D eigenvalue weighted by Gasteiger charge is -2.15. The summed E-state index contributed by atoms with van der Waals surface area (Å²) in [7, 11) is 2.91. The van der Waals surface area contributed by atoms with E-state index in [-0.39, 0.29) is 23.6 Å². The number of nitrogens with zero attached hydrogens (tertiary/aromatic N) is 4. The number of esters is 1. The van der Waals surface area contributed by atoms with Crippen LogP contribution in [0, 0.1) is 5.92 Å². The Morgan fingerprint density at radius 1 is 1.18 bits per heavy atom. The van der Waals surface area contributed by atoms with Gasteiger partial charge in [-0.15, -0.1) is 0 Å². The molecule has 0 aliphatic heterocycles. The summed E-state index contributed by atoms with van der Waals surface area (Å²) in [4.78, 5) is 30.1. The molecule has 184 valence electrons. The van der Waals surface area contributed by atoms with Crippen molar-refractivity contribution in [2.45, 2.75) is 52.7 Å². The molecule has 0 fully saturated rings. The molecule has 0 aliphatic carbocycles. The number of nitrogens with one attached hydrogen (secondary N) is 2. The summed E-state index contributed by atoms with van der Waals surface area (Å²) >= 11 is 0. The maximum atomic E-state index is 12.8. The number of pyridine rings is 1. The minimum absolute atomic E-state index is 0.151. The molecule has 1 atom stereocenters. The average Bonchev–Trinajstić information content (AvgIpc) is 3.41. The van der Waals surface area contributed by atoms with Gasteiger partial charge >= 0.3 is 5.97 Å². The van der Waals surface area contributed by atoms with Gasteiger partial charge in [0.2, 0.25) is 5.91 Å². The Labute approximate surface area is 199 Å². The molecule has 10 nitrogen and oxygen atoms in total. The van der Waals surface area contributed by atoms with Crippen molar-refractivity contribution in [2.24, 2.45) is 5.92 Å². The molecular formula is C24H34N6O4. The first-order valence-electron chi connectivity index (χ1n) is 11.5. The molecule has 0 spiro atoms. The lowest BCUT2D eigenvalue weighted by atomic mass is 10.1. The number of hydrogen-bond donors (Lipinski definition) is 2. The maximum absolute atomic E-state index is 12.8. The normalized spacial score (nSPS) is 12.2. The van der Waals surface area contributed by atoms with Crippen LogP contribution in [-0.2, 0) is 27.4 Å². The fourth-order valence-corrected chi connectivity index (χ4v) is 3.82. The van der Waals surface area contributed by atoms with Crippen molar-refractivity contribution < 1.29 is 19.1 Å². The molecule has 0 unspecified atom stereocenters. The number of methoxy groups -OCH3 is 2. The van der Waals surface area contributed by atoms with Crippen LogP contribution in [0.4, 0.5) is 11.4 Å². The van der Waals surface area contributed by atoms with E-state index in [0.717, 1.165) is 18.7 Å². The van der Waals surface area contributed by atoms with Gasteiger partial charge < -0.3 is 24.7 Å². The molecule has 0 aliphatic rings. The van der Waals surface area contributed by atoms with Crippen LogP contribution in [0.1, 0.15) is 44.1 Å². The Morgan fingerprint density at radius 2 is 1.97 bits per heavy atom. The summed E-state index contributed by atoms with van der Waals surface area (Å²) in [6.07, 6.45) is 6.62. The van der Waals surface area contributed by atoms with E-state index in [0.29, 0.717) is 36.3 Å². The van der Waals surface area contributed by atoms with Crippen LogP contribution in [0.2, 0.25) is 0 Å². The van der Waals surface area contributed by atoms with E-state index in [4.69, 9.17) is 9.47 Å². The Balaban J connectivity index is 1.97. The Hall–Kier alpha value is -3.40. The number of rotatable bonds is 12. The standard InChI is InChI=1S/C24H34N6O4/c1-16(2)13-20(31)28-21-19-14-18(27-17(3)7-10-29-9-6-8-26-29)15-25-23(19)30(11-12-33-4)22(21)24(32)34-5/h6,8-9,14-17,27H,7,10-13H2,1-5H3,(H,28,31)/t17-/m1/s1. The summed E-state index contributed by atoms with van der Waals surface area (Å²) in [5, 5.41) is 11.3. The molecular weight excluding hydrogens is 436 g/mol. The summed E-state index contributed by atoms with van der Waals surface area (Å²) < 4.78 is 13.9. The van der Waals surface area contributed by atoms with Gasteiger partial charge in [-0.3, -0.25) is 9.48 Å². The van der Waals surface area contributed by atoms with Crippen molar-refractivity contribution in [2.75, 3.05) is 31.5 Å². The Bertz CT molecular complexity index is 1110. The lowest BCUT2D eigenvalue weighted by molar-refractivity contribution is -0.116. The zero-order valence-electron chi connectivity index (χ0n) is 20.5. The van der Waals surface area contributed by atoms with Crippen molar-refractivity contribution in [3.8, 4) is 0 Å². The van der Waals surface area contributed by atoms with Gasteiger partial charge in [-0.05, 0) is 31.4 Å². The topological polar surface area (TPSA) is 112 Å². The minimum Gasteiger partial charge on any atom is -0.464 e. The second kappa shape index (κ2) is 11.6. The molecule has 3 aromatic heterocycles. The third-order valence-corrected chi connectivity index (χ3v) is 5.42. The van der Waals surface area contributed by atoms with E-state index < -0.39 is 5.97 Å². The van der Waals surface area contributed by atoms with Gasteiger partial charge in [0.25, 0.3) is 0 Å². The average molecular weight is 471 g/mol. The molecule has 3 aromatic rings. The van der Waals surface area contributed by atoms with Crippen molar-refractivity contribution in [3.05, 3.63) is 36.4 Å². The number of aromatic nitrogens is 4. The van der Waals surface area contributed by atoms with Gasteiger partial charge in [0.1, 0.15) is 5.65 Å². The molecule has 1 amide bonds.